The summed E-state index contributed by atoms with van der Waals surface area (Å²) in [5, 5.41) is 2.18. The van der Waals surface area contributed by atoms with E-state index in [2.05, 4.69) is 106 Å². The molecule has 0 unspecified atom stereocenters. The number of furan rings is 1. The summed E-state index contributed by atoms with van der Waals surface area (Å²) < 4.78 is 8.56. The molecule has 0 bridgehead atoms. The lowest BCUT2D eigenvalue weighted by Crippen LogP contribution is -2.31. The van der Waals surface area contributed by atoms with E-state index in [1.807, 2.05) is 0 Å². The quantitative estimate of drug-likeness (QED) is 0.305. The standard InChI is InChI=1S/C28H27N2O/c1-17(2)24-14-13-23-22-12-8-19(4)26(27(22)31-28(23)29-24)25-15-11-21(16-30(25)5)20-9-6-18(3)7-10-20/h6-17H,1-5H3/q+1. The van der Waals surface area contributed by atoms with Crippen molar-refractivity contribution in [3.05, 3.63) is 83.7 Å². The van der Waals surface area contributed by atoms with Crippen LogP contribution < -0.4 is 4.57 Å². The van der Waals surface area contributed by atoms with Crippen molar-refractivity contribution in [1.82, 2.24) is 4.98 Å². The van der Waals surface area contributed by atoms with Crippen molar-refractivity contribution in [2.24, 2.45) is 7.05 Å². The molecule has 2 aromatic carbocycles. The molecule has 0 spiro atoms. The number of benzene rings is 2. The first-order valence-electron chi connectivity index (χ1n) is 10.8. The Kier molecular flexibility index (Phi) is 4.62. The van der Waals surface area contributed by atoms with E-state index in [9.17, 15) is 0 Å². The summed E-state index contributed by atoms with van der Waals surface area (Å²) in [5.41, 5.74) is 9.80. The second-order valence-corrected chi connectivity index (χ2v) is 8.76. The Hall–Kier alpha value is -3.46. The lowest BCUT2D eigenvalue weighted by Gasteiger charge is -2.07. The number of hydrogen-bond donors (Lipinski definition) is 0. The number of hydrogen-bond acceptors (Lipinski definition) is 2. The average Bonchev–Trinajstić information content (AvgIpc) is 3.12. The van der Waals surface area contributed by atoms with Crippen LogP contribution in [0.1, 0.15) is 36.6 Å². The van der Waals surface area contributed by atoms with E-state index in [1.54, 1.807) is 0 Å². The third-order valence-electron chi connectivity index (χ3n) is 6.10. The molecule has 5 aromatic rings. The molecule has 3 heteroatoms. The molecule has 0 saturated heterocycles. The van der Waals surface area contributed by atoms with E-state index in [4.69, 9.17) is 9.40 Å². The van der Waals surface area contributed by atoms with Gasteiger partial charge in [-0.25, -0.2) is 9.55 Å². The molecule has 0 radical (unpaired) electrons. The molecule has 0 aliphatic heterocycles. The third kappa shape index (κ3) is 3.31. The summed E-state index contributed by atoms with van der Waals surface area (Å²) in [6.07, 6.45) is 2.19. The van der Waals surface area contributed by atoms with Crippen LogP contribution in [-0.4, -0.2) is 4.98 Å². The summed E-state index contributed by atoms with van der Waals surface area (Å²) in [5.74, 6) is 0.367. The number of fused-ring (bicyclic) bond motifs is 3. The Balaban J connectivity index is 1.69. The number of rotatable bonds is 3. The van der Waals surface area contributed by atoms with E-state index in [1.165, 1.54) is 22.3 Å². The van der Waals surface area contributed by atoms with Crippen molar-refractivity contribution >= 4 is 22.1 Å². The third-order valence-corrected chi connectivity index (χ3v) is 6.10. The van der Waals surface area contributed by atoms with Gasteiger partial charge >= 0.3 is 0 Å². The zero-order valence-electron chi connectivity index (χ0n) is 18.7. The Morgan fingerprint density at radius 3 is 2.23 bits per heavy atom. The normalized spacial score (nSPS) is 11.7. The number of aryl methyl sites for hydroxylation is 3. The minimum absolute atomic E-state index is 0.367. The average molecular weight is 408 g/mol. The second kappa shape index (κ2) is 7.35. The smallest absolute Gasteiger partial charge is 0.227 e. The van der Waals surface area contributed by atoms with Crippen LogP contribution in [-0.2, 0) is 7.05 Å². The predicted octanol–water partition coefficient (Wildman–Crippen LogP) is 6.88. The van der Waals surface area contributed by atoms with Crippen molar-refractivity contribution in [2.75, 3.05) is 0 Å². The summed E-state index contributed by atoms with van der Waals surface area (Å²) in [6.45, 7) is 8.56. The van der Waals surface area contributed by atoms with Crippen LogP contribution in [0.2, 0.25) is 0 Å². The summed E-state index contributed by atoms with van der Waals surface area (Å²) in [6, 6.07) is 21.6. The predicted molar refractivity (Wildman–Crippen MR) is 127 cm³/mol. The van der Waals surface area contributed by atoms with E-state index >= 15 is 0 Å². The fraction of sp³-hybridized carbons (Fsp3) is 0.214. The van der Waals surface area contributed by atoms with Crippen molar-refractivity contribution in [1.29, 1.82) is 0 Å². The van der Waals surface area contributed by atoms with Crippen LogP contribution in [0.25, 0.3) is 44.5 Å². The number of pyridine rings is 2. The highest BCUT2D eigenvalue weighted by molar-refractivity contribution is 6.08. The maximum atomic E-state index is 6.37. The number of aromatic nitrogens is 2. The van der Waals surface area contributed by atoms with E-state index in [0.717, 1.165) is 33.3 Å². The maximum absolute atomic E-state index is 6.37. The highest BCUT2D eigenvalue weighted by atomic mass is 16.3. The van der Waals surface area contributed by atoms with Gasteiger partial charge in [-0.2, -0.15) is 0 Å². The Morgan fingerprint density at radius 2 is 1.52 bits per heavy atom. The van der Waals surface area contributed by atoms with Gasteiger partial charge in [-0.05, 0) is 49.1 Å². The van der Waals surface area contributed by atoms with Gasteiger partial charge in [0.1, 0.15) is 7.05 Å². The maximum Gasteiger partial charge on any atom is 0.227 e. The molecule has 3 nitrogen and oxygen atoms in total. The van der Waals surface area contributed by atoms with E-state index in [0.29, 0.717) is 11.6 Å². The molecule has 5 rings (SSSR count). The van der Waals surface area contributed by atoms with Crippen molar-refractivity contribution in [3.8, 4) is 22.4 Å². The lowest BCUT2D eigenvalue weighted by atomic mass is 9.99. The zero-order chi connectivity index (χ0) is 21.7. The summed E-state index contributed by atoms with van der Waals surface area (Å²) in [7, 11) is 2.10. The Bertz CT molecular complexity index is 1430. The van der Waals surface area contributed by atoms with Crippen molar-refractivity contribution in [3.63, 3.8) is 0 Å². The molecule has 154 valence electrons. The van der Waals surface area contributed by atoms with Gasteiger partial charge in [-0.15, -0.1) is 0 Å². The minimum Gasteiger partial charge on any atom is -0.437 e. The molecule has 0 saturated carbocycles. The van der Waals surface area contributed by atoms with Crippen LogP contribution in [0.15, 0.2) is 71.3 Å². The zero-order valence-corrected chi connectivity index (χ0v) is 18.7. The van der Waals surface area contributed by atoms with Gasteiger partial charge in [0.05, 0.1) is 5.56 Å². The molecule has 0 aliphatic rings. The molecule has 0 fully saturated rings. The highest BCUT2D eigenvalue weighted by Gasteiger charge is 2.21. The van der Waals surface area contributed by atoms with Gasteiger partial charge in [0.2, 0.25) is 11.4 Å². The van der Waals surface area contributed by atoms with Crippen LogP contribution in [0.4, 0.5) is 0 Å². The fourth-order valence-electron chi connectivity index (χ4n) is 4.26. The molecule has 31 heavy (non-hydrogen) atoms. The topological polar surface area (TPSA) is 29.9 Å². The lowest BCUT2D eigenvalue weighted by molar-refractivity contribution is -0.659. The summed E-state index contributed by atoms with van der Waals surface area (Å²) in [4.78, 5) is 4.79. The monoisotopic (exact) mass is 407 g/mol. The van der Waals surface area contributed by atoms with Crippen LogP contribution in [0, 0.1) is 13.8 Å². The van der Waals surface area contributed by atoms with Gasteiger partial charge in [0, 0.05) is 28.1 Å². The Labute approximate surface area is 183 Å². The fourth-order valence-corrected chi connectivity index (χ4v) is 4.26. The van der Waals surface area contributed by atoms with E-state index < -0.39 is 0 Å². The van der Waals surface area contributed by atoms with Crippen molar-refractivity contribution in [2.45, 2.75) is 33.6 Å². The molecule has 0 N–H and O–H groups in total. The Morgan fingerprint density at radius 1 is 0.806 bits per heavy atom. The number of nitrogens with zero attached hydrogens (tertiary/aromatic N) is 2. The van der Waals surface area contributed by atoms with Gasteiger partial charge in [0.25, 0.3) is 0 Å². The molecular formula is C28H27N2O+. The van der Waals surface area contributed by atoms with Gasteiger partial charge in [-0.3, -0.25) is 0 Å². The second-order valence-electron chi connectivity index (χ2n) is 8.76. The molecule has 0 atom stereocenters. The molecular weight excluding hydrogens is 380 g/mol. The van der Waals surface area contributed by atoms with Crippen molar-refractivity contribution < 1.29 is 8.98 Å². The first-order valence-corrected chi connectivity index (χ1v) is 10.8. The first kappa shape index (κ1) is 19.5. The van der Waals surface area contributed by atoms with E-state index in [-0.39, 0.29) is 0 Å². The molecule has 3 heterocycles. The van der Waals surface area contributed by atoms with Gasteiger partial charge in [-0.1, -0.05) is 55.8 Å². The highest BCUT2D eigenvalue weighted by Crippen LogP contribution is 2.37. The molecule has 3 aromatic heterocycles. The van der Waals surface area contributed by atoms with Gasteiger partial charge in [0.15, 0.2) is 11.8 Å². The molecule has 0 aliphatic carbocycles. The van der Waals surface area contributed by atoms with Crippen LogP contribution in [0.5, 0.6) is 0 Å². The van der Waals surface area contributed by atoms with Crippen LogP contribution in [0.3, 0.4) is 0 Å². The van der Waals surface area contributed by atoms with Crippen LogP contribution >= 0.6 is 0 Å². The first-order chi connectivity index (χ1) is 14.9. The largest absolute Gasteiger partial charge is 0.437 e. The summed E-state index contributed by atoms with van der Waals surface area (Å²) >= 11 is 0. The SMILES string of the molecule is Cc1ccc(-c2ccc(-c3c(C)ccc4c3oc3nc(C(C)C)ccc34)[n+](C)c2)cc1. The van der Waals surface area contributed by atoms with Gasteiger partial charge < -0.3 is 4.42 Å². The minimum atomic E-state index is 0.367. The molecule has 0 amide bonds.